The molecule has 0 aliphatic carbocycles. The second kappa shape index (κ2) is 5.47. The van der Waals surface area contributed by atoms with Crippen LogP contribution in [0.4, 0.5) is 10.1 Å². The molecule has 1 N–H and O–H groups in total. The Morgan fingerprint density at radius 2 is 2.00 bits per heavy atom. The first-order chi connectivity index (χ1) is 9.72. The molecule has 0 aliphatic rings. The van der Waals surface area contributed by atoms with E-state index in [9.17, 15) is 4.39 Å². The van der Waals surface area contributed by atoms with Crippen molar-refractivity contribution in [2.24, 2.45) is 0 Å². The zero-order valence-corrected chi connectivity index (χ0v) is 11.4. The van der Waals surface area contributed by atoms with Gasteiger partial charge in [-0.05, 0) is 42.0 Å². The van der Waals surface area contributed by atoms with E-state index in [1.54, 1.807) is 12.3 Å². The zero-order chi connectivity index (χ0) is 13.9. The summed E-state index contributed by atoms with van der Waals surface area (Å²) in [5.41, 5.74) is 2.64. The molecule has 100 valence electrons. The minimum Gasteiger partial charge on any atom is -0.380 e. The Hall–Kier alpha value is -2.13. The van der Waals surface area contributed by atoms with Gasteiger partial charge in [-0.25, -0.2) is 4.39 Å². The Bertz CT molecular complexity index is 758. The van der Waals surface area contributed by atoms with E-state index < -0.39 is 0 Å². The van der Waals surface area contributed by atoms with Crippen LogP contribution in [0.2, 0.25) is 5.02 Å². The monoisotopic (exact) mass is 286 g/mol. The smallest absolute Gasteiger partial charge is 0.125 e. The van der Waals surface area contributed by atoms with Crippen LogP contribution in [0.15, 0.2) is 54.7 Å². The van der Waals surface area contributed by atoms with Gasteiger partial charge in [0.05, 0.1) is 16.2 Å². The van der Waals surface area contributed by atoms with Gasteiger partial charge in [0.2, 0.25) is 0 Å². The van der Waals surface area contributed by atoms with Crippen molar-refractivity contribution in [1.29, 1.82) is 0 Å². The van der Waals surface area contributed by atoms with Gasteiger partial charge >= 0.3 is 0 Å². The van der Waals surface area contributed by atoms with Gasteiger partial charge < -0.3 is 5.32 Å². The molecule has 0 bridgehead atoms. The molecule has 3 aromatic rings. The third-order valence-corrected chi connectivity index (χ3v) is 3.41. The van der Waals surface area contributed by atoms with Crippen LogP contribution in [-0.2, 0) is 6.54 Å². The summed E-state index contributed by atoms with van der Waals surface area (Å²) in [6, 6.07) is 14.2. The molecule has 1 aromatic heterocycles. The van der Waals surface area contributed by atoms with Gasteiger partial charge in [-0.15, -0.1) is 0 Å². The Kier molecular flexibility index (Phi) is 3.52. The number of pyridine rings is 1. The number of hydrogen-bond acceptors (Lipinski definition) is 2. The molecule has 0 amide bonds. The van der Waals surface area contributed by atoms with Gasteiger partial charge in [-0.1, -0.05) is 23.7 Å². The first-order valence-corrected chi connectivity index (χ1v) is 6.63. The fourth-order valence-electron chi connectivity index (χ4n) is 2.07. The van der Waals surface area contributed by atoms with Crippen LogP contribution in [0.3, 0.4) is 0 Å². The minimum absolute atomic E-state index is 0.306. The normalized spacial score (nSPS) is 10.7. The Morgan fingerprint density at radius 3 is 2.90 bits per heavy atom. The van der Waals surface area contributed by atoms with Crippen LogP contribution in [0.25, 0.3) is 10.9 Å². The zero-order valence-electron chi connectivity index (χ0n) is 10.6. The topological polar surface area (TPSA) is 24.9 Å². The van der Waals surface area contributed by atoms with Gasteiger partial charge in [0.1, 0.15) is 5.82 Å². The summed E-state index contributed by atoms with van der Waals surface area (Å²) in [5.74, 6) is -0.306. The summed E-state index contributed by atoms with van der Waals surface area (Å²) in [7, 11) is 0. The average molecular weight is 287 g/mol. The van der Waals surface area contributed by atoms with Crippen LogP contribution in [0, 0.1) is 5.82 Å². The first-order valence-electron chi connectivity index (χ1n) is 6.25. The molecular formula is C16H12ClFN2. The number of nitrogens with zero attached hydrogens (tertiary/aromatic N) is 1. The van der Waals surface area contributed by atoms with E-state index in [2.05, 4.69) is 16.4 Å². The van der Waals surface area contributed by atoms with E-state index >= 15 is 0 Å². The number of benzene rings is 2. The van der Waals surface area contributed by atoms with E-state index in [0.717, 1.165) is 16.5 Å². The fourth-order valence-corrected chi connectivity index (χ4v) is 2.25. The number of nitrogens with one attached hydrogen (secondary N) is 1. The predicted molar refractivity (Wildman–Crippen MR) is 80.5 cm³/mol. The molecule has 0 saturated carbocycles. The molecule has 0 unspecified atom stereocenters. The summed E-state index contributed by atoms with van der Waals surface area (Å²) >= 11 is 6.02. The molecule has 0 saturated heterocycles. The summed E-state index contributed by atoms with van der Waals surface area (Å²) in [4.78, 5) is 4.28. The number of fused-ring (bicyclic) bond motifs is 1. The van der Waals surface area contributed by atoms with Crippen LogP contribution in [0.5, 0.6) is 0 Å². The van der Waals surface area contributed by atoms with Gasteiger partial charge in [0.25, 0.3) is 0 Å². The van der Waals surface area contributed by atoms with Crippen molar-refractivity contribution < 1.29 is 4.39 Å². The molecule has 2 aromatic carbocycles. The van der Waals surface area contributed by atoms with E-state index in [1.807, 2.05) is 24.3 Å². The standard InChI is InChI=1S/C16H12ClFN2/c17-14-5-4-13(18)9-16(14)20-10-11-3-6-15-12(8-11)2-1-7-19-15/h1-9,20H,10H2. The minimum atomic E-state index is -0.306. The van der Waals surface area contributed by atoms with Crippen molar-refractivity contribution in [3.63, 3.8) is 0 Å². The Morgan fingerprint density at radius 1 is 1.10 bits per heavy atom. The molecule has 0 aliphatic heterocycles. The lowest BCUT2D eigenvalue weighted by atomic mass is 10.1. The first kappa shape index (κ1) is 12.9. The molecule has 0 atom stereocenters. The number of anilines is 1. The lowest BCUT2D eigenvalue weighted by molar-refractivity contribution is 0.628. The number of hydrogen-bond donors (Lipinski definition) is 1. The van der Waals surface area contributed by atoms with E-state index in [1.165, 1.54) is 12.1 Å². The maximum absolute atomic E-state index is 13.2. The third kappa shape index (κ3) is 2.73. The highest BCUT2D eigenvalue weighted by Gasteiger charge is 2.02. The molecule has 0 fully saturated rings. The molecule has 0 spiro atoms. The molecule has 2 nitrogen and oxygen atoms in total. The van der Waals surface area contributed by atoms with Crippen molar-refractivity contribution in [2.45, 2.75) is 6.54 Å². The van der Waals surface area contributed by atoms with E-state index in [-0.39, 0.29) is 5.82 Å². The molecule has 20 heavy (non-hydrogen) atoms. The maximum atomic E-state index is 13.2. The largest absolute Gasteiger partial charge is 0.380 e. The number of aromatic nitrogens is 1. The summed E-state index contributed by atoms with van der Waals surface area (Å²) in [6.45, 7) is 0.577. The van der Waals surface area contributed by atoms with Crippen molar-refractivity contribution in [3.8, 4) is 0 Å². The lowest BCUT2D eigenvalue weighted by Gasteiger charge is -2.09. The van der Waals surface area contributed by atoms with Crippen LogP contribution >= 0.6 is 11.6 Å². The SMILES string of the molecule is Fc1ccc(Cl)c(NCc2ccc3ncccc3c2)c1. The highest BCUT2D eigenvalue weighted by Crippen LogP contribution is 2.23. The van der Waals surface area contributed by atoms with E-state index in [4.69, 9.17) is 11.6 Å². The van der Waals surface area contributed by atoms with Gasteiger partial charge in [0.15, 0.2) is 0 Å². The average Bonchev–Trinajstić information content (AvgIpc) is 2.48. The third-order valence-electron chi connectivity index (χ3n) is 3.08. The molecule has 0 radical (unpaired) electrons. The van der Waals surface area contributed by atoms with Crippen molar-refractivity contribution >= 4 is 28.2 Å². The summed E-state index contributed by atoms with van der Waals surface area (Å²) in [6.07, 6.45) is 1.77. The molecule has 1 heterocycles. The Balaban J connectivity index is 1.81. The lowest BCUT2D eigenvalue weighted by Crippen LogP contribution is -2.00. The number of halogens is 2. The van der Waals surface area contributed by atoms with E-state index in [0.29, 0.717) is 17.3 Å². The molecular weight excluding hydrogens is 275 g/mol. The number of rotatable bonds is 3. The second-order valence-corrected chi connectivity index (χ2v) is 4.92. The maximum Gasteiger partial charge on any atom is 0.125 e. The second-order valence-electron chi connectivity index (χ2n) is 4.51. The van der Waals surface area contributed by atoms with Gasteiger partial charge in [0, 0.05) is 18.1 Å². The van der Waals surface area contributed by atoms with Crippen molar-refractivity contribution in [2.75, 3.05) is 5.32 Å². The summed E-state index contributed by atoms with van der Waals surface area (Å²) in [5, 5.41) is 4.73. The van der Waals surface area contributed by atoms with Crippen molar-refractivity contribution in [1.82, 2.24) is 4.98 Å². The van der Waals surface area contributed by atoms with Crippen LogP contribution in [-0.4, -0.2) is 4.98 Å². The quantitative estimate of drug-likeness (QED) is 0.759. The summed E-state index contributed by atoms with van der Waals surface area (Å²) < 4.78 is 13.2. The van der Waals surface area contributed by atoms with Crippen molar-refractivity contribution in [3.05, 3.63) is 71.1 Å². The highest BCUT2D eigenvalue weighted by atomic mass is 35.5. The van der Waals surface area contributed by atoms with Crippen LogP contribution < -0.4 is 5.32 Å². The molecule has 3 rings (SSSR count). The fraction of sp³-hybridized carbons (Fsp3) is 0.0625. The van der Waals surface area contributed by atoms with Gasteiger partial charge in [-0.3, -0.25) is 4.98 Å². The van der Waals surface area contributed by atoms with Gasteiger partial charge in [-0.2, -0.15) is 0 Å². The van der Waals surface area contributed by atoms with Crippen LogP contribution in [0.1, 0.15) is 5.56 Å². The highest BCUT2D eigenvalue weighted by molar-refractivity contribution is 6.33. The molecule has 4 heteroatoms. The Labute approximate surface area is 121 Å². The predicted octanol–water partition coefficient (Wildman–Crippen LogP) is 4.64.